The van der Waals surface area contributed by atoms with Gasteiger partial charge in [0.05, 0.1) is 17.4 Å². The highest BCUT2D eigenvalue weighted by Crippen LogP contribution is 2.29. The third-order valence-corrected chi connectivity index (χ3v) is 5.76. The summed E-state index contributed by atoms with van der Waals surface area (Å²) in [6, 6.07) is 12.9. The van der Waals surface area contributed by atoms with E-state index < -0.39 is 12.1 Å². The van der Waals surface area contributed by atoms with Crippen LogP contribution in [0.5, 0.6) is 0 Å². The van der Waals surface area contributed by atoms with E-state index in [9.17, 15) is 22.8 Å². The van der Waals surface area contributed by atoms with E-state index in [1.165, 1.54) is 12.1 Å². The standard InChI is InChI=1S/C23H20F3N7O3/c24-23(25,26)21-30-19(31-36-21)14-5-7-15(8-6-14)27-22(35)33-11-9-32(10-12-33)13-18-28-17-4-2-1-3-16(17)20(34)29-18/h1-8H,9-13H2,(H,27,35)(H,28,29,34). The Morgan fingerprint density at radius 1 is 1.03 bits per heavy atom. The van der Waals surface area contributed by atoms with Crippen LogP contribution in [0.15, 0.2) is 57.8 Å². The van der Waals surface area contributed by atoms with Gasteiger partial charge in [0.1, 0.15) is 5.82 Å². The Labute approximate surface area is 201 Å². The molecule has 3 heterocycles. The fraction of sp³-hybridized carbons (Fsp3) is 0.261. The molecule has 0 atom stereocenters. The van der Waals surface area contributed by atoms with Crippen molar-refractivity contribution in [2.75, 3.05) is 31.5 Å². The van der Waals surface area contributed by atoms with Crippen molar-refractivity contribution >= 4 is 22.6 Å². The third kappa shape index (κ3) is 5.05. The number of amides is 2. The van der Waals surface area contributed by atoms with E-state index in [1.807, 2.05) is 6.07 Å². The molecule has 1 fully saturated rings. The number of hydrogen-bond donors (Lipinski definition) is 2. The second-order valence-electron chi connectivity index (χ2n) is 8.22. The second-order valence-corrected chi connectivity index (χ2v) is 8.22. The van der Waals surface area contributed by atoms with Gasteiger partial charge in [-0.25, -0.2) is 9.78 Å². The minimum atomic E-state index is -4.72. The van der Waals surface area contributed by atoms with E-state index in [4.69, 9.17) is 0 Å². The average Bonchev–Trinajstić information content (AvgIpc) is 3.36. The monoisotopic (exact) mass is 499 g/mol. The van der Waals surface area contributed by atoms with Crippen molar-refractivity contribution in [1.29, 1.82) is 0 Å². The summed E-state index contributed by atoms with van der Waals surface area (Å²) >= 11 is 0. The van der Waals surface area contributed by atoms with Gasteiger partial charge in [0.15, 0.2) is 0 Å². The van der Waals surface area contributed by atoms with Crippen molar-refractivity contribution in [3.63, 3.8) is 0 Å². The number of alkyl halides is 3. The van der Waals surface area contributed by atoms with E-state index in [2.05, 4.69) is 34.8 Å². The number of nitrogens with one attached hydrogen (secondary N) is 2. The molecule has 0 radical (unpaired) electrons. The quantitative estimate of drug-likeness (QED) is 0.442. The predicted molar refractivity (Wildman–Crippen MR) is 123 cm³/mol. The summed E-state index contributed by atoms with van der Waals surface area (Å²) < 4.78 is 42.2. The number of hydrogen-bond acceptors (Lipinski definition) is 7. The number of para-hydroxylation sites is 1. The summed E-state index contributed by atoms with van der Waals surface area (Å²) in [5.41, 5.74) is 1.25. The molecule has 2 aromatic carbocycles. The van der Waals surface area contributed by atoms with Crippen LogP contribution in [0.1, 0.15) is 11.7 Å². The maximum atomic E-state index is 12.7. The lowest BCUT2D eigenvalue weighted by atomic mass is 10.2. The van der Waals surface area contributed by atoms with Gasteiger partial charge in [0.25, 0.3) is 5.56 Å². The Morgan fingerprint density at radius 3 is 2.44 bits per heavy atom. The molecule has 186 valence electrons. The molecule has 2 amide bonds. The summed E-state index contributed by atoms with van der Waals surface area (Å²) in [6.45, 7) is 2.61. The minimum Gasteiger partial charge on any atom is -0.329 e. The number of aromatic amines is 1. The second kappa shape index (κ2) is 9.41. The first-order valence-corrected chi connectivity index (χ1v) is 11.0. The van der Waals surface area contributed by atoms with Crippen molar-refractivity contribution < 1.29 is 22.5 Å². The van der Waals surface area contributed by atoms with Crippen LogP contribution in [0.3, 0.4) is 0 Å². The summed E-state index contributed by atoms with van der Waals surface area (Å²) in [5.74, 6) is -1.05. The van der Waals surface area contributed by atoms with Crippen molar-refractivity contribution in [3.05, 3.63) is 70.6 Å². The van der Waals surface area contributed by atoms with Gasteiger partial charge >= 0.3 is 18.1 Å². The van der Waals surface area contributed by atoms with Crippen LogP contribution >= 0.6 is 0 Å². The summed E-state index contributed by atoms with van der Waals surface area (Å²) in [6.07, 6.45) is -4.72. The molecule has 0 bridgehead atoms. The number of urea groups is 1. The van der Waals surface area contributed by atoms with Gasteiger partial charge in [-0.15, -0.1) is 0 Å². The molecule has 1 saturated heterocycles. The highest BCUT2D eigenvalue weighted by Gasteiger charge is 2.38. The molecule has 1 aliphatic rings. The van der Waals surface area contributed by atoms with Crippen molar-refractivity contribution in [3.8, 4) is 11.4 Å². The number of nitrogens with zero attached hydrogens (tertiary/aromatic N) is 5. The highest BCUT2D eigenvalue weighted by atomic mass is 19.4. The summed E-state index contributed by atoms with van der Waals surface area (Å²) in [7, 11) is 0. The zero-order valence-corrected chi connectivity index (χ0v) is 18.7. The zero-order valence-electron chi connectivity index (χ0n) is 18.7. The Kier molecular flexibility index (Phi) is 6.14. The molecule has 4 aromatic rings. The Bertz CT molecular complexity index is 1440. The summed E-state index contributed by atoms with van der Waals surface area (Å²) in [4.78, 5) is 39.4. The first-order chi connectivity index (χ1) is 17.3. The van der Waals surface area contributed by atoms with Gasteiger partial charge in [-0.1, -0.05) is 17.3 Å². The van der Waals surface area contributed by atoms with Gasteiger partial charge < -0.3 is 19.7 Å². The molecule has 0 aliphatic carbocycles. The summed E-state index contributed by atoms with van der Waals surface area (Å²) in [5, 5.41) is 6.66. The largest absolute Gasteiger partial charge is 0.471 e. The van der Waals surface area contributed by atoms with Crippen LogP contribution in [0.2, 0.25) is 0 Å². The van der Waals surface area contributed by atoms with Crippen LogP contribution in [0.4, 0.5) is 23.7 Å². The van der Waals surface area contributed by atoms with Gasteiger partial charge in [-0.2, -0.15) is 18.2 Å². The Hall–Kier alpha value is -4.26. The predicted octanol–water partition coefficient (Wildman–Crippen LogP) is 3.34. The average molecular weight is 499 g/mol. The number of carbonyl (C=O) groups is 1. The zero-order chi connectivity index (χ0) is 25.3. The SMILES string of the molecule is O=C(Nc1ccc(-c2noc(C(F)(F)F)n2)cc1)N1CCN(Cc2nc3ccccc3c(=O)[nH]2)CC1. The van der Waals surface area contributed by atoms with Crippen LogP contribution in [-0.4, -0.2) is 62.1 Å². The van der Waals surface area contributed by atoms with Crippen LogP contribution in [-0.2, 0) is 12.7 Å². The lowest BCUT2D eigenvalue weighted by Crippen LogP contribution is -2.49. The molecule has 10 nitrogen and oxygen atoms in total. The third-order valence-electron chi connectivity index (χ3n) is 5.76. The molecule has 5 rings (SSSR count). The Balaban J connectivity index is 1.15. The first-order valence-electron chi connectivity index (χ1n) is 11.0. The highest BCUT2D eigenvalue weighted by molar-refractivity contribution is 5.89. The molecule has 13 heteroatoms. The molecule has 2 aromatic heterocycles. The topological polar surface area (TPSA) is 120 Å². The number of halogens is 3. The first kappa shape index (κ1) is 23.5. The number of aromatic nitrogens is 4. The van der Waals surface area contributed by atoms with Gasteiger partial charge in [-0.05, 0) is 36.4 Å². The Morgan fingerprint density at radius 2 is 1.75 bits per heavy atom. The molecule has 36 heavy (non-hydrogen) atoms. The van der Waals surface area contributed by atoms with Crippen LogP contribution < -0.4 is 10.9 Å². The van der Waals surface area contributed by atoms with Gasteiger partial charge in [-0.3, -0.25) is 9.69 Å². The number of rotatable bonds is 4. The molecule has 0 saturated carbocycles. The molecule has 2 N–H and O–H groups in total. The smallest absolute Gasteiger partial charge is 0.329 e. The van der Waals surface area contributed by atoms with Crippen molar-refractivity contribution in [2.45, 2.75) is 12.7 Å². The van der Waals surface area contributed by atoms with E-state index in [0.29, 0.717) is 60.7 Å². The molecular weight excluding hydrogens is 479 g/mol. The number of anilines is 1. The van der Waals surface area contributed by atoms with Gasteiger partial charge in [0.2, 0.25) is 5.82 Å². The lowest BCUT2D eigenvalue weighted by molar-refractivity contribution is -0.159. The number of H-pyrrole nitrogens is 1. The van der Waals surface area contributed by atoms with E-state index in [-0.39, 0.29) is 17.4 Å². The van der Waals surface area contributed by atoms with E-state index in [0.717, 1.165) is 0 Å². The van der Waals surface area contributed by atoms with Crippen LogP contribution in [0.25, 0.3) is 22.3 Å². The maximum Gasteiger partial charge on any atom is 0.471 e. The minimum absolute atomic E-state index is 0.181. The van der Waals surface area contributed by atoms with E-state index >= 15 is 0 Å². The normalized spacial score (nSPS) is 14.8. The molecule has 1 aliphatic heterocycles. The van der Waals surface area contributed by atoms with Crippen molar-refractivity contribution in [2.24, 2.45) is 0 Å². The number of carbonyl (C=O) groups excluding carboxylic acids is 1. The fourth-order valence-electron chi connectivity index (χ4n) is 3.89. The lowest BCUT2D eigenvalue weighted by Gasteiger charge is -2.34. The molecular formula is C23H20F3N7O3. The number of piperazine rings is 1. The van der Waals surface area contributed by atoms with E-state index in [1.54, 1.807) is 35.2 Å². The maximum absolute atomic E-state index is 12.7. The molecule has 0 spiro atoms. The molecule has 0 unspecified atom stereocenters. The van der Waals surface area contributed by atoms with Crippen LogP contribution in [0, 0.1) is 0 Å². The fourth-order valence-corrected chi connectivity index (χ4v) is 3.89. The van der Waals surface area contributed by atoms with Crippen molar-refractivity contribution in [1.82, 2.24) is 29.9 Å². The van der Waals surface area contributed by atoms with Gasteiger partial charge in [0, 0.05) is 37.4 Å². The number of fused-ring (bicyclic) bond motifs is 1. The number of benzene rings is 2.